The zero-order valence-electron chi connectivity index (χ0n) is 8.70. The normalized spacial score (nSPS) is 18.7. The van der Waals surface area contributed by atoms with Crippen LogP contribution in [-0.4, -0.2) is 20.0 Å². The molecule has 2 rings (SSSR count). The van der Waals surface area contributed by atoms with Crippen molar-refractivity contribution in [2.75, 3.05) is 5.75 Å². The Labute approximate surface area is 89.0 Å². The van der Waals surface area contributed by atoms with Crippen LogP contribution in [0.4, 0.5) is 0 Å². The lowest BCUT2D eigenvalue weighted by atomic mass is 10.00. The number of fused-ring (bicyclic) bond motifs is 1. The predicted molar refractivity (Wildman–Crippen MR) is 56.9 cm³/mol. The SMILES string of the molecule is Cc1ccc(C)c2c1C(=O)CCS2(=O)=O. The third-order valence-electron chi connectivity index (χ3n) is 2.75. The van der Waals surface area contributed by atoms with E-state index in [4.69, 9.17) is 0 Å². The van der Waals surface area contributed by atoms with E-state index in [0.717, 1.165) is 5.56 Å². The first-order valence-electron chi connectivity index (χ1n) is 4.79. The summed E-state index contributed by atoms with van der Waals surface area (Å²) in [5.74, 6) is -0.107. The van der Waals surface area contributed by atoms with Crippen molar-refractivity contribution < 1.29 is 13.2 Å². The van der Waals surface area contributed by atoms with Crippen LogP contribution in [0.15, 0.2) is 17.0 Å². The Hall–Kier alpha value is -1.16. The molecule has 1 aliphatic rings. The highest BCUT2D eigenvalue weighted by atomic mass is 32.2. The molecule has 80 valence electrons. The number of hydrogen-bond acceptors (Lipinski definition) is 3. The standard InChI is InChI=1S/C11H12O3S/c1-7-3-4-8(2)11-10(7)9(12)5-6-15(11,13)14/h3-4H,5-6H2,1-2H3. The van der Waals surface area contributed by atoms with Gasteiger partial charge in [-0.25, -0.2) is 8.42 Å². The first kappa shape index (κ1) is 10.4. The van der Waals surface area contributed by atoms with Gasteiger partial charge in [0, 0.05) is 12.0 Å². The number of Topliss-reactive ketones (excluding diaryl/α,β-unsaturated/α-hetero) is 1. The average molecular weight is 224 g/mol. The van der Waals surface area contributed by atoms with Crippen LogP contribution in [0.1, 0.15) is 27.9 Å². The Morgan fingerprint density at radius 2 is 1.73 bits per heavy atom. The number of carbonyl (C=O) groups is 1. The maximum Gasteiger partial charge on any atom is 0.179 e. The molecular formula is C11H12O3S. The quantitative estimate of drug-likeness (QED) is 0.673. The van der Waals surface area contributed by atoms with E-state index in [1.54, 1.807) is 26.0 Å². The van der Waals surface area contributed by atoms with Gasteiger partial charge in [0.1, 0.15) is 0 Å². The van der Waals surface area contributed by atoms with Crippen molar-refractivity contribution in [2.45, 2.75) is 25.2 Å². The Balaban J connectivity index is 2.90. The molecule has 0 amide bonds. The Morgan fingerprint density at radius 3 is 2.33 bits per heavy atom. The average Bonchev–Trinajstić information content (AvgIpc) is 2.16. The van der Waals surface area contributed by atoms with Gasteiger partial charge in [-0.05, 0) is 25.0 Å². The third kappa shape index (κ3) is 1.49. The van der Waals surface area contributed by atoms with Gasteiger partial charge in [0.25, 0.3) is 0 Å². The van der Waals surface area contributed by atoms with E-state index >= 15 is 0 Å². The molecule has 0 saturated heterocycles. The number of hydrogen-bond donors (Lipinski definition) is 0. The molecule has 0 radical (unpaired) electrons. The Morgan fingerprint density at radius 1 is 1.13 bits per heavy atom. The van der Waals surface area contributed by atoms with E-state index in [1.165, 1.54) is 0 Å². The van der Waals surface area contributed by atoms with Crippen molar-refractivity contribution in [3.63, 3.8) is 0 Å². The molecule has 1 aromatic rings. The van der Waals surface area contributed by atoms with Crippen LogP contribution < -0.4 is 0 Å². The molecule has 0 bridgehead atoms. The highest BCUT2D eigenvalue weighted by Gasteiger charge is 2.31. The highest BCUT2D eigenvalue weighted by molar-refractivity contribution is 7.91. The zero-order valence-corrected chi connectivity index (χ0v) is 9.52. The second kappa shape index (κ2) is 3.17. The van der Waals surface area contributed by atoms with Gasteiger partial charge in [-0.1, -0.05) is 12.1 Å². The molecule has 1 heterocycles. The lowest BCUT2D eigenvalue weighted by molar-refractivity contribution is 0.0982. The minimum Gasteiger partial charge on any atom is -0.294 e. The van der Waals surface area contributed by atoms with E-state index in [1.807, 2.05) is 0 Å². The number of aryl methyl sites for hydroxylation is 2. The molecule has 0 N–H and O–H groups in total. The summed E-state index contributed by atoms with van der Waals surface area (Å²) in [7, 11) is -3.25. The predicted octanol–water partition coefficient (Wildman–Crippen LogP) is 1.66. The van der Waals surface area contributed by atoms with Crippen LogP contribution in [0, 0.1) is 13.8 Å². The minimum absolute atomic E-state index is 0.0525. The maximum atomic E-state index is 11.8. The van der Waals surface area contributed by atoms with Gasteiger partial charge in [-0.3, -0.25) is 4.79 Å². The van der Waals surface area contributed by atoms with E-state index in [-0.39, 0.29) is 22.9 Å². The number of carbonyl (C=O) groups excluding carboxylic acids is 1. The number of ketones is 1. The third-order valence-corrected chi connectivity index (χ3v) is 4.64. The highest BCUT2D eigenvalue weighted by Crippen LogP contribution is 2.30. The minimum atomic E-state index is -3.25. The van der Waals surface area contributed by atoms with E-state index in [9.17, 15) is 13.2 Å². The van der Waals surface area contributed by atoms with Crippen molar-refractivity contribution in [3.05, 3.63) is 28.8 Å². The summed E-state index contributed by atoms with van der Waals surface area (Å²) in [4.78, 5) is 11.9. The number of benzene rings is 1. The van der Waals surface area contributed by atoms with E-state index in [2.05, 4.69) is 0 Å². The van der Waals surface area contributed by atoms with Gasteiger partial charge < -0.3 is 0 Å². The summed E-state index contributed by atoms with van der Waals surface area (Å²) >= 11 is 0. The van der Waals surface area contributed by atoms with Crippen molar-refractivity contribution in [1.82, 2.24) is 0 Å². The lowest BCUT2D eigenvalue weighted by Crippen LogP contribution is -2.23. The molecule has 0 aliphatic carbocycles. The number of sulfone groups is 1. The first-order valence-corrected chi connectivity index (χ1v) is 6.45. The van der Waals surface area contributed by atoms with Gasteiger partial charge >= 0.3 is 0 Å². The topological polar surface area (TPSA) is 51.2 Å². The smallest absolute Gasteiger partial charge is 0.179 e. The molecule has 0 saturated carbocycles. The van der Waals surface area contributed by atoms with Crippen molar-refractivity contribution in [1.29, 1.82) is 0 Å². The molecule has 0 atom stereocenters. The Bertz CT molecular complexity index is 541. The number of rotatable bonds is 0. The maximum absolute atomic E-state index is 11.8. The van der Waals surface area contributed by atoms with Gasteiger partial charge in [0.05, 0.1) is 10.6 Å². The fraction of sp³-hybridized carbons (Fsp3) is 0.364. The second-order valence-corrected chi connectivity index (χ2v) is 5.94. The van der Waals surface area contributed by atoms with Gasteiger partial charge in [0.15, 0.2) is 15.6 Å². The second-order valence-electron chi connectivity index (χ2n) is 3.90. The van der Waals surface area contributed by atoms with Crippen LogP contribution >= 0.6 is 0 Å². The van der Waals surface area contributed by atoms with E-state index < -0.39 is 9.84 Å². The summed E-state index contributed by atoms with van der Waals surface area (Å²) in [5.41, 5.74) is 1.83. The van der Waals surface area contributed by atoms with Crippen LogP contribution in [0.25, 0.3) is 0 Å². The van der Waals surface area contributed by atoms with Crippen LogP contribution in [0.3, 0.4) is 0 Å². The van der Waals surface area contributed by atoms with Crippen molar-refractivity contribution >= 4 is 15.6 Å². The molecule has 0 aromatic heterocycles. The van der Waals surface area contributed by atoms with Gasteiger partial charge in [-0.2, -0.15) is 0 Å². The van der Waals surface area contributed by atoms with E-state index in [0.29, 0.717) is 11.1 Å². The molecule has 1 aliphatic heterocycles. The van der Waals surface area contributed by atoms with Crippen molar-refractivity contribution in [3.8, 4) is 0 Å². The molecule has 0 spiro atoms. The summed E-state index contributed by atoms with van der Waals surface area (Å²) < 4.78 is 23.7. The van der Waals surface area contributed by atoms with Gasteiger partial charge in [-0.15, -0.1) is 0 Å². The van der Waals surface area contributed by atoms with Crippen LogP contribution in [-0.2, 0) is 9.84 Å². The van der Waals surface area contributed by atoms with Crippen LogP contribution in [0.2, 0.25) is 0 Å². The summed E-state index contributed by atoms with van der Waals surface area (Å²) in [6.07, 6.45) is 0.111. The molecule has 1 aromatic carbocycles. The Kier molecular flexibility index (Phi) is 2.19. The summed E-state index contributed by atoms with van der Waals surface area (Å²) in [6, 6.07) is 3.55. The summed E-state index contributed by atoms with van der Waals surface area (Å²) in [6.45, 7) is 3.51. The fourth-order valence-electron chi connectivity index (χ4n) is 1.99. The molecule has 3 nitrogen and oxygen atoms in total. The molecule has 0 fully saturated rings. The molecule has 0 unspecified atom stereocenters. The monoisotopic (exact) mass is 224 g/mol. The first-order chi connectivity index (χ1) is 6.93. The zero-order chi connectivity index (χ0) is 11.2. The molecule has 15 heavy (non-hydrogen) atoms. The van der Waals surface area contributed by atoms with Crippen molar-refractivity contribution in [2.24, 2.45) is 0 Å². The fourth-order valence-corrected chi connectivity index (χ4v) is 3.79. The molecular weight excluding hydrogens is 212 g/mol. The van der Waals surface area contributed by atoms with Gasteiger partial charge in [0.2, 0.25) is 0 Å². The van der Waals surface area contributed by atoms with Crippen LogP contribution in [0.5, 0.6) is 0 Å². The molecule has 4 heteroatoms. The largest absolute Gasteiger partial charge is 0.294 e. The summed E-state index contributed by atoms with van der Waals surface area (Å²) in [5, 5.41) is 0. The lowest BCUT2D eigenvalue weighted by Gasteiger charge is -2.19.